The summed E-state index contributed by atoms with van der Waals surface area (Å²) in [4.78, 5) is 26.6. The van der Waals surface area contributed by atoms with Gasteiger partial charge in [-0.15, -0.1) is 0 Å². The zero-order valence-corrected chi connectivity index (χ0v) is 15.0. The van der Waals surface area contributed by atoms with Crippen LogP contribution >= 0.6 is 0 Å². The van der Waals surface area contributed by atoms with E-state index >= 15 is 0 Å². The van der Waals surface area contributed by atoms with E-state index in [2.05, 4.69) is 5.32 Å². The number of carbonyl (C=O) groups is 2. The molecule has 1 aliphatic rings. The van der Waals surface area contributed by atoms with Gasteiger partial charge in [-0.05, 0) is 54.4 Å². The maximum absolute atomic E-state index is 12.9. The molecule has 4 rings (SSSR count). The summed E-state index contributed by atoms with van der Waals surface area (Å²) in [7, 11) is 0. The smallest absolute Gasteiger partial charge is 0.416 e. The number of nitrogens with zero attached hydrogens (tertiary/aromatic N) is 1. The van der Waals surface area contributed by atoms with Crippen molar-refractivity contribution in [2.24, 2.45) is 0 Å². The quantitative estimate of drug-likeness (QED) is 0.690. The van der Waals surface area contributed by atoms with Gasteiger partial charge in [0.2, 0.25) is 0 Å². The lowest BCUT2D eigenvalue weighted by Gasteiger charge is -2.17. The molecule has 2 aromatic carbocycles. The van der Waals surface area contributed by atoms with Gasteiger partial charge in [-0.2, -0.15) is 13.2 Å². The molecule has 0 aliphatic carbocycles. The summed E-state index contributed by atoms with van der Waals surface area (Å²) in [6.07, 6.45) is -2.46. The highest BCUT2D eigenvalue weighted by Gasteiger charge is 2.31. The van der Waals surface area contributed by atoms with E-state index in [-0.39, 0.29) is 17.2 Å². The highest BCUT2D eigenvalue weighted by atomic mass is 19.4. The largest absolute Gasteiger partial charge is 0.459 e. The van der Waals surface area contributed by atoms with Crippen molar-refractivity contribution in [3.8, 4) is 0 Å². The fraction of sp³-hybridized carbons (Fsp3) is 0.143. The van der Waals surface area contributed by atoms with E-state index in [9.17, 15) is 22.8 Å². The number of carbonyl (C=O) groups excluding carboxylic acids is 2. The molecule has 1 N–H and O–H groups in total. The van der Waals surface area contributed by atoms with E-state index in [1.54, 1.807) is 35.2 Å². The fourth-order valence-electron chi connectivity index (χ4n) is 3.24. The van der Waals surface area contributed by atoms with Crippen LogP contribution in [0.1, 0.15) is 32.0 Å². The molecule has 8 heteroatoms. The second kappa shape index (κ2) is 7.12. The van der Waals surface area contributed by atoms with Crippen molar-refractivity contribution in [1.29, 1.82) is 0 Å². The third-order valence-electron chi connectivity index (χ3n) is 4.67. The number of anilines is 2. The van der Waals surface area contributed by atoms with E-state index in [1.165, 1.54) is 18.4 Å². The highest BCUT2D eigenvalue weighted by molar-refractivity contribution is 6.07. The van der Waals surface area contributed by atoms with E-state index in [0.29, 0.717) is 24.3 Å². The Hall–Kier alpha value is -3.55. The van der Waals surface area contributed by atoms with Gasteiger partial charge in [-0.1, -0.05) is 12.1 Å². The van der Waals surface area contributed by atoms with Gasteiger partial charge in [0.05, 0.1) is 11.8 Å². The minimum Gasteiger partial charge on any atom is -0.459 e. The number of benzene rings is 2. The molecule has 2 amide bonds. The van der Waals surface area contributed by atoms with Gasteiger partial charge in [0, 0.05) is 23.5 Å². The van der Waals surface area contributed by atoms with Crippen LogP contribution in [0.25, 0.3) is 0 Å². The molecule has 0 radical (unpaired) electrons. The molecule has 0 saturated carbocycles. The van der Waals surface area contributed by atoms with Crippen molar-refractivity contribution in [1.82, 2.24) is 0 Å². The Morgan fingerprint density at radius 3 is 2.59 bits per heavy atom. The van der Waals surface area contributed by atoms with Crippen LogP contribution in [0, 0.1) is 0 Å². The van der Waals surface area contributed by atoms with Gasteiger partial charge in [0.25, 0.3) is 11.8 Å². The molecule has 29 heavy (non-hydrogen) atoms. The fourth-order valence-corrected chi connectivity index (χ4v) is 3.24. The third kappa shape index (κ3) is 3.73. The van der Waals surface area contributed by atoms with Crippen molar-refractivity contribution in [3.05, 3.63) is 83.3 Å². The number of nitrogens with one attached hydrogen (secondary N) is 1. The molecule has 148 valence electrons. The lowest BCUT2D eigenvalue weighted by Crippen LogP contribution is -2.28. The number of amides is 2. The average molecular weight is 400 g/mol. The number of rotatable bonds is 3. The number of furan rings is 1. The molecule has 1 aliphatic heterocycles. The normalized spacial score (nSPS) is 13.3. The highest BCUT2D eigenvalue weighted by Crippen LogP contribution is 2.33. The molecule has 0 saturated heterocycles. The molecule has 3 aromatic rings. The van der Waals surface area contributed by atoms with E-state index in [1.807, 2.05) is 0 Å². The Kier molecular flexibility index (Phi) is 4.62. The Labute approximate surface area is 163 Å². The first-order valence-corrected chi connectivity index (χ1v) is 8.80. The summed E-state index contributed by atoms with van der Waals surface area (Å²) >= 11 is 0. The number of halogens is 3. The molecule has 0 fully saturated rings. The van der Waals surface area contributed by atoms with Crippen molar-refractivity contribution >= 4 is 23.2 Å². The Balaban J connectivity index is 1.56. The summed E-state index contributed by atoms with van der Waals surface area (Å²) in [5.41, 5.74) is 0.943. The lowest BCUT2D eigenvalue weighted by atomic mass is 10.1. The SMILES string of the molecule is O=C(Nc1ccc2c(c1)N(C(=O)c1ccco1)CC2)c1cccc(C(F)(F)F)c1. The third-order valence-corrected chi connectivity index (χ3v) is 4.67. The second-order valence-corrected chi connectivity index (χ2v) is 6.56. The van der Waals surface area contributed by atoms with Crippen molar-refractivity contribution in [2.75, 3.05) is 16.8 Å². The molecule has 0 spiro atoms. The topological polar surface area (TPSA) is 62.6 Å². The monoisotopic (exact) mass is 400 g/mol. The minimum absolute atomic E-state index is 0.108. The summed E-state index contributed by atoms with van der Waals surface area (Å²) in [5.74, 6) is -0.760. The van der Waals surface area contributed by atoms with Crippen LogP contribution in [0.2, 0.25) is 0 Å². The zero-order valence-electron chi connectivity index (χ0n) is 15.0. The first-order valence-electron chi connectivity index (χ1n) is 8.80. The summed E-state index contributed by atoms with van der Waals surface area (Å²) in [5, 5.41) is 2.59. The molecule has 5 nitrogen and oxygen atoms in total. The molecule has 0 unspecified atom stereocenters. The van der Waals surface area contributed by atoms with Crippen molar-refractivity contribution in [3.63, 3.8) is 0 Å². The predicted molar refractivity (Wildman–Crippen MR) is 99.9 cm³/mol. The summed E-state index contributed by atoms with van der Waals surface area (Å²) < 4.78 is 43.8. The van der Waals surface area contributed by atoms with Crippen LogP contribution < -0.4 is 10.2 Å². The maximum Gasteiger partial charge on any atom is 0.416 e. The average Bonchev–Trinajstić information content (AvgIpc) is 3.37. The van der Waals surface area contributed by atoms with Gasteiger partial charge in [0.1, 0.15) is 0 Å². The maximum atomic E-state index is 12.9. The number of hydrogen-bond donors (Lipinski definition) is 1. The molecule has 0 bridgehead atoms. The minimum atomic E-state index is -4.53. The van der Waals surface area contributed by atoms with E-state index in [0.717, 1.165) is 17.7 Å². The number of alkyl halides is 3. The van der Waals surface area contributed by atoms with Crippen LogP contribution in [-0.2, 0) is 12.6 Å². The standard InChI is InChI=1S/C21H15F3N2O3/c22-21(23,24)15-4-1-3-14(11-15)19(27)25-16-7-6-13-8-9-26(17(13)12-16)20(28)18-5-2-10-29-18/h1-7,10-12H,8-9H2,(H,25,27). The van der Waals surface area contributed by atoms with Crippen LogP contribution in [-0.4, -0.2) is 18.4 Å². The molecular weight excluding hydrogens is 385 g/mol. The van der Waals surface area contributed by atoms with E-state index in [4.69, 9.17) is 4.42 Å². The Morgan fingerprint density at radius 2 is 1.86 bits per heavy atom. The second-order valence-electron chi connectivity index (χ2n) is 6.56. The molecular formula is C21H15F3N2O3. The first-order chi connectivity index (χ1) is 13.8. The van der Waals surface area contributed by atoms with Crippen molar-refractivity contribution < 1.29 is 27.2 Å². The molecule has 1 aromatic heterocycles. The number of hydrogen-bond acceptors (Lipinski definition) is 3. The Bertz CT molecular complexity index is 1080. The van der Waals surface area contributed by atoms with E-state index < -0.39 is 17.6 Å². The molecule has 0 atom stereocenters. The van der Waals surface area contributed by atoms with Gasteiger partial charge in [0.15, 0.2) is 5.76 Å². The predicted octanol–water partition coefficient (Wildman–Crippen LogP) is 4.75. The lowest BCUT2D eigenvalue weighted by molar-refractivity contribution is -0.137. The number of fused-ring (bicyclic) bond motifs is 1. The van der Waals surface area contributed by atoms with Gasteiger partial charge >= 0.3 is 6.18 Å². The summed E-state index contributed by atoms with van der Waals surface area (Å²) in [6.45, 7) is 0.472. The van der Waals surface area contributed by atoms with Crippen LogP contribution in [0.5, 0.6) is 0 Å². The van der Waals surface area contributed by atoms with Crippen LogP contribution in [0.15, 0.2) is 65.3 Å². The van der Waals surface area contributed by atoms with Crippen LogP contribution in [0.4, 0.5) is 24.5 Å². The summed E-state index contributed by atoms with van der Waals surface area (Å²) in [6, 6.07) is 12.5. The van der Waals surface area contributed by atoms with Crippen molar-refractivity contribution in [2.45, 2.75) is 12.6 Å². The molecule has 2 heterocycles. The zero-order chi connectivity index (χ0) is 20.6. The van der Waals surface area contributed by atoms with Gasteiger partial charge in [-0.25, -0.2) is 0 Å². The Morgan fingerprint density at radius 1 is 1.03 bits per heavy atom. The van der Waals surface area contributed by atoms with Crippen LogP contribution in [0.3, 0.4) is 0 Å². The van der Waals surface area contributed by atoms with Gasteiger partial charge < -0.3 is 14.6 Å². The first kappa shape index (κ1) is 18.8. The van der Waals surface area contributed by atoms with Gasteiger partial charge in [-0.3, -0.25) is 9.59 Å².